The van der Waals surface area contributed by atoms with Crippen molar-refractivity contribution in [3.8, 4) is 0 Å². The third kappa shape index (κ3) is 6.18. The summed E-state index contributed by atoms with van der Waals surface area (Å²) in [4.78, 5) is 25.2. The molecule has 1 aliphatic rings. The number of benzene rings is 1. The Bertz CT molecular complexity index is 558. The molecule has 4 heteroatoms. The fourth-order valence-corrected chi connectivity index (χ4v) is 3.36. The fourth-order valence-electron chi connectivity index (χ4n) is 3.36. The molecular weight excluding hydrogens is 312 g/mol. The number of amides is 2. The molecule has 0 bridgehead atoms. The molecule has 138 valence electrons. The van der Waals surface area contributed by atoms with Gasteiger partial charge in [0, 0.05) is 11.6 Å². The molecule has 2 amide bonds. The number of hydrogen-bond donors (Lipinski definition) is 2. The van der Waals surface area contributed by atoms with Crippen LogP contribution in [0.5, 0.6) is 0 Å². The number of aryl methyl sites for hydroxylation is 1. The second-order valence-electron chi connectivity index (χ2n) is 7.61. The van der Waals surface area contributed by atoms with Crippen molar-refractivity contribution in [2.45, 2.75) is 77.8 Å². The van der Waals surface area contributed by atoms with E-state index >= 15 is 0 Å². The van der Waals surface area contributed by atoms with E-state index < -0.39 is 6.04 Å². The van der Waals surface area contributed by atoms with Gasteiger partial charge in [-0.05, 0) is 37.8 Å². The molecule has 25 heavy (non-hydrogen) atoms. The van der Waals surface area contributed by atoms with E-state index in [4.69, 9.17) is 0 Å². The van der Waals surface area contributed by atoms with Crippen molar-refractivity contribution in [2.24, 2.45) is 5.92 Å². The van der Waals surface area contributed by atoms with Gasteiger partial charge in [0.15, 0.2) is 0 Å². The van der Waals surface area contributed by atoms with Gasteiger partial charge in [-0.3, -0.25) is 9.59 Å². The van der Waals surface area contributed by atoms with Crippen LogP contribution in [0.25, 0.3) is 0 Å². The van der Waals surface area contributed by atoms with Crippen LogP contribution in [0.4, 0.5) is 0 Å². The van der Waals surface area contributed by atoms with Gasteiger partial charge < -0.3 is 10.6 Å². The predicted octanol–water partition coefficient (Wildman–Crippen LogP) is 3.98. The summed E-state index contributed by atoms with van der Waals surface area (Å²) in [6.45, 7) is 5.93. The largest absolute Gasteiger partial charge is 0.352 e. The average molecular weight is 344 g/mol. The number of carbonyl (C=O) groups is 2. The Balaban J connectivity index is 1.97. The molecule has 1 atom stereocenters. The van der Waals surface area contributed by atoms with Gasteiger partial charge in [0.2, 0.25) is 5.91 Å². The van der Waals surface area contributed by atoms with E-state index in [9.17, 15) is 9.59 Å². The molecule has 0 radical (unpaired) electrons. The first kappa shape index (κ1) is 19.5. The highest BCUT2D eigenvalue weighted by atomic mass is 16.2. The summed E-state index contributed by atoms with van der Waals surface area (Å²) >= 11 is 0. The second-order valence-corrected chi connectivity index (χ2v) is 7.61. The molecule has 2 rings (SSSR count). The molecular formula is C21H32N2O2. The Morgan fingerprint density at radius 3 is 2.08 bits per heavy atom. The Morgan fingerprint density at radius 1 is 0.960 bits per heavy atom. The number of hydrogen-bond acceptors (Lipinski definition) is 2. The van der Waals surface area contributed by atoms with Crippen LogP contribution in [-0.2, 0) is 4.79 Å². The van der Waals surface area contributed by atoms with E-state index in [0.717, 1.165) is 18.4 Å². The van der Waals surface area contributed by atoms with E-state index in [1.807, 2.05) is 32.9 Å². The maximum atomic E-state index is 12.7. The van der Waals surface area contributed by atoms with Gasteiger partial charge in [-0.1, -0.05) is 63.6 Å². The Hall–Kier alpha value is -1.84. The molecule has 0 aliphatic heterocycles. The van der Waals surface area contributed by atoms with E-state index in [0.29, 0.717) is 5.56 Å². The zero-order valence-corrected chi connectivity index (χ0v) is 15.8. The van der Waals surface area contributed by atoms with E-state index in [1.54, 1.807) is 12.1 Å². The summed E-state index contributed by atoms with van der Waals surface area (Å²) in [5, 5.41) is 6.10. The summed E-state index contributed by atoms with van der Waals surface area (Å²) in [6.07, 6.45) is 8.25. The molecule has 1 saturated carbocycles. The van der Waals surface area contributed by atoms with Crippen LogP contribution in [0.1, 0.15) is 74.7 Å². The van der Waals surface area contributed by atoms with E-state index in [1.165, 1.54) is 32.1 Å². The van der Waals surface area contributed by atoms with Crippen LogP contribution in [0.2, 0.25) is 0 Å². The molecule has 0 unspecified atom stereocenters. The maximum absolute atomic E-state index is 12.7. The van der Waals surface area contributed by atoms with Crippen molar-refractivity contribution < 1.29 is 9.59 Å². The van der Waals surface area contributed by atoms with Crippen molar-refractivity contribution in [3.05, 3.63) is 35.4 Å². The summed E-state index contributed by atoms with van der Waals surface area (Å²) in [6, 6.07) is 7.16. The smallest absolute Gasteiger partial charge is 0.251 e. The molecule has 0 saturated heterocycles. The molecule has 2 N–H and O–H groups in total. The van der Waals surface area contributed by atoms with Gasteiger partial charge in [-0.25, -0.2) is 0 Å². The van der Waals surface area contributed by atoms with E-state index in [-0.39, 0.29) is 23.8 Å². The van der Waals surface area contributed by atoms with Crippen LogP contribution in [-0.4, -0.2) is 23.9 Å². The van der Waals surface area contributed by atoms with Crippen LogP contribution in [0.3, 0.4) is 0 Å². The maximum Gasteiger partial charge on any atom is 0.251 e. The minimum Gasteiger partial charge on any atom is -0.352 e. The third-order valence-corrected chi connectivity index (χ3v) is 5.00. The molecule has 1 aromatic rings. The Kier molecular flexibility index (Phi) is 7.48. The topological polar surface area (TPSA) is 58.2 Å². The SMILES string of the molecule is Cc1ccc(C(=O)N[C@H](C(=O)NC2CCCCCCC2)C(C)C)cc1. The molecule has 0 heterocycles. The van der Waals surface area contributed by atoms with Gasteiger partial charge in [-0.2, -0.15) is 0 Å². The standard InChI is InChI=1S/C21H32N2O2/c1-15(2)19(23-20(24)17-13-11-16(3)12-14-17)21(25)22-18-9-7-5-4-6-8-10-18/h11-15,18-19H,4-10H2,1-3H3,(H,22,25)(H,23,24)/t19-/m0/s1. The minimum atomic E-state index is -0.501. The monoisotopic (exact) mass is 344 g/mol. The first-order chi connectivity index (χ1) is 12.0. The lowest BCUT2D eigenvalue weighted by Gasteiger charge is -2.26. The van der Waals surface area contributed by atoms with Gasteiger partial charge in [0.25, 0.3) is 5.91 Å². The summed E-state index contributed by atoms with van der Waals surface area (Å²) in [5.74, 6) is -0.199. The summed E-state index contributed by atoms with van der Waals surface area (Å²) in [7, 11) is 0. The number of nitrogens with one attached hydrogen (secondary N) is 2. The van der Waals surface area contributed by atoms with Crippen LogP contribution < -0.4 is 10.6 Å². The van der Waals surface area contributed by atoms with Crippen LogP contribution >= 0.6 is 0 Å². The molecule has 4 nitrogen and oxygen atoms in total. The Morgan fingerprint density at radius 2 is 1.52 bits per heavy atom. The van der Waals surface area contributed by atoms with Crippen LogP contribution in [0.15, 0.2) is 24.3 Å². The van der Waals surface area contributed by atoms with Crippen molar-refractivity contribution in [2.75, 3.05) is 0 Å². The lowest BCUT2D eigenvalue weighted by molar-refractivity contribution is -0.124. The summed E-state index contributed by atoms with van der Waals surface area (Å²) in [5.41, 5.74) is 1.70. The van der Waals surface area contributed by atoms with Gasteiger partial charge in [0.05, 0.1) is 0 Å². The minimum absolute atomic E-state index is 0.0444. The lowest BCUT2D eigenvalue weighted by atomic mass is 9.95. The lowest BCUT2D eigenvalue weighted by Crippen LogP contribution is -2.52. The average Bonchev–Trinajstić information content (AvgIpc) is 2.55. The zero-order valence-electron chi connectivity index (χ0n) is 15.8. The quantitative estimate of drug-likeness (QED) is 0.849. The Labute approximate surface area is 151 Å². The molecule has 1 aromatic carbocycles. The van der Waals surface area contributed by atoms with Crippen molar-refractivity contribution in [3.63, 3.8) is 0 Å². The highest BCUT2D eigenvalue weighted by molar-refractivity contribution is 5.97. The van der Waals surface area contributed by atoms with Crippen LogP contribution in [0, 0.1) is 12.8 Å². The predicted molar refractivity (Wildman–Crippen MR) is 102 cm³/mol. The van der Waals surface area contributed by atoms with Gasteiger partial charge >= 0.3 is 0 Å². The van der Waals surface area contributed by atoms with Gasteiger partial charge in [0.1, 0.15) is 6.04 Å². The van der Waals surface area contributed by atoms with Gasteiger partial charge in [-0.15, -0.1) is 0 Å². The highest BCUT2D eigenvalue weighted by Crippen LogP contribution is 2.17. The van der Waals surface area contributed by atoms with E-state index in [2.05, 4.69) is 10.6 Å². The number of rotatable bonds is 5. The normalized spacial score (nSPS) is 17.4. The number of carbonyl (C=O) groups excluding carboxylic acids is 2. The first-order valence-corrected chi connectivity index (χ1v) is 9.65. The van der Waals surface area contributed by atoms with Crippen molar-refractivity contribution in [1.82, 2.24) is 10.6 Å². The zero-order chi connectivity index (χ0) is 18.2. The summed E-state index contributed by atoms with van der Waals surface area (Å²) < 4.78 is 0. The molecule has 1 aliphatic carbocycles. The highest BCUT2D eigenvalue weighted by Gasteiger charge is 2.26. The first-order valence-electron chi connectivity index (χ1n) is 9.65. The second kappa shape index (κ2) is 9.59. The van der Waals surface area contributed by atoms with Crippen molar-refractivity contribution >= 4 is 11.8 Å². The van der Waals surface area contributed by atoms with Crippen molar-refractivity contribution in [1.29, 1.82) is 0 Å². The molecule has 0 aromatic heterocycles. The third-order valence-electron chi connectivity index (χ3n) is 5.00. The molecule has 1 fully saturated rings. The fraction of sp³-hybridized carbons (Fsp3) is 0.619. The molecule has 0 spiro atoms.